The van der Waals surface area contributed by atoms with Crippen molar-refractivity contribution >= 4 is 5.91 Å². The summed E-state index contributed by atoms with van der Waals surface area (Å²) in [6.45, 7) is 5.62. The van der Waals surface area contributed by atoms with Crippen LogP contribution in [0.2, 0.25) is 0 Å². The van der Waals surface area contributed by atoms with Gasteiger partial charge in [-0.2, -0.15) is 5.10 Å². The first kappa shape index (κ1) is 16.1. The van der Waals surface area contributed by atoms with Gasteiger partial charge in [0.25, 0.3) is 5.91 Å². The van der Waals surface area contributed by atoms with E-state index < -0.39 is 0 Å². The molecule has 0 unspecified atom stereocenters. The van der Waals surface area contributed by atoms with Crippen molar-refractivity contribution < 1.29 is 14.3 Å². The molecule has 4 rings (SSSR count). The Morgan fingerprint density at radius 1 is 1.29 bits per heavy atom. The van der Waals surface area contributed by atoms with Gasteiger partial charge in [0.1, 0.15) is 5.69 Å². The number of rotatable bonds is 6. The molecule has 3 fully saturated rings. The normalized spacial score (nSPS) is 26.4. The number of carbonyl (C=O) groups is 1. The summed E-state index contributed by atoms with van der Waals surface area (Å²) >= 11 is 0. The van der Waals surface area contributed by atoms with Crippen molar-refractivity contribution in [1.29, 1.82) is 0 Å². The Hall–Kier alpha value is -1.44. The molecule has 2 N–H and O–H groups in total. The number of hydrogen-bond donors (Lipinski definition) is 2. The molecule has 1 aromatic rings. The maximum atomic E-state index is 12.4. The fourth-order valence-corrected chi connectivity index (χ4v) is 3.70. The highest BCUT2D eigenvalue weighted by molar-refractivity contribution is 5.92. The Bertz CT molecular complexity index is 560. The molecule has 7 nitrogen and oxygen atoms in total. The van der Waals surface area contributed by atoms with Crippen LogP contribution in [0.4, 0.5) is 0 Å². The Morgan fingerprint density at radius 2 is 2.12 bits per heavy atom. The van der Waals surface area contributed by atoms with Crippen molar-refractivity contribution in [1.82, 2.24) is 20.4 Å². The highest BCUT2D eigenvalue weighted by Crippen LogP contribution is 2.38. The van der Waals surface area contributed by atoms with E-state index >= 15 is 0 Å². The molecule has 2 aliphatic heterocycles. The van der Waals surface area contributed by atoms with Gasteiger partial charge in [-0.05, 0) is 25.3 Å². The lowest BCUT2D eigenvalue weighted by Crippen LogP contribution is -2.52. The second-order valence-electron chi connectivity index (χ2n) is 7.03. The van der Waals surface area contributed by atoms with Gasteiger partial charge in [0.15, 0.2) is 0 Å². The number of aromatic nitrogens is 2. The minimum absolute atomic E-state index is 0.0877. The summed E-state index contributed by atoms with van der Waals surface area (Å²) in [5.74, 6) is 0.968. The van der Waals surface area contributed by atoms with Gasteiger partial charge in [-0.15, -0.1) is 0 Å². The molecular weight excluding hydrogens is 308 g/mol. The zero-order chi connectivity index (χ0) is 16.4. The van der Waals surface area contributed by atoms with E-state index in [0.29, 0.717) is 30.1 Å². The smallest absolute Gasteiger partial charge is 0.271 e. The van der Waals surface area contributed by atoms with Gasteiger partial charge in [0.05, 0.1) is 19.8 Å². The third-order valence-corrected chi connectivity index (χ3v) is 5.34. The van der Waals surface area contributed by atoms with Crippen LogP contribution in [-0.2, 0) is 9.47 Å². The molecule has 1 amide bonds. The number of ether oxygens (including phenoxy) is 2. The molecule has 7 heteroatoms. The van der Waals surface area contributed by atoms with E-state index in [1.54, 1.807) is 0 Å². The van der Waals surface area contributed by atoms with Crippen molar-refractivity contribution in [3.8, 4) is 0 Å². The van der Waals surface area contributed by atoms with Crippen LogP contribution in [-0.4, -0.2) is 73.1 Å². The number of hydrogen-bond acceptors (Lipinski definition) is 5. The molecule has 1 saturated carbocycles. The van der Waals surface area contributed by atoms with Gasteiger partial charge in [-0.3, -0.25) is 14.8 Å². The molecule has 3 aliphatic rings. The molecular formula is C17H26N4O3. The molecule has 0 aromatic carbocycles. The van der Waals surface area contributed by atoms with Gasteiger partial charge >= 0.3 is 0 Å². The molecule has 24 heavy (non-hydrogen) atoms. The number of nitrogens with zero attached hydrogens (tertiary/aromatic N) is 2. The summed E-state index contributed by atoms with van der Waals surface area (Å²) in [6, 6.07) is 2.21. The predicted molar refractivity (Wildman–Crippen MR) is 88.0 cm³/mol. The van der Waals surface area contributed by atoms with E-state index in [9.17, 15) is 4.79 Å². The highest BCUT2D eigenvalue weighted by Gasteiger charge is 2.32. The van der Waals surface area contributed by atoms with Crippen LogP contribution in [0, 0.1) is 5.92 Å². The summed E-state index contributed by atoms with van der Waals surface area (Å²) in [4.78, 5) is 14.9. The molecule has 1 aromatic heterocycles. The van der Waals surface area contributed by atoms with Crippen LogP contribution in [0.1, 0.15) is 41.4 Å². The summed E-state index contributed by atoms with van der Waals surface area (Å²) < 4.78 is 11.0. The number of aromatic amines is 1. The van der Waals surface area contributed by atoms with E-state index in [1.165, 1.54) is 12.8 Å². The molecule has 0 bridgehead atoms. The van der Waals surface area contributed by atoms with Crippen molar-refractivity contribution in [2.24, 2.45) is 5.92 Å². The fourth-order valence-electron chi connectivity index (χ4n) is 3.70. The van der Waals surface area contributed by atoms with E-state index in [0.717, 1.165) is 51.6 Å². The minimum Gasteiger partial charge on any atom is -0.381 e. The van der Waals surface area contributed by atoms with E-state index in [-0.39, 0.29) is 5.91 Å². The SMILES string of the molecule is O=C(NC[C@@H]([C@@H]1CCOC1)N1CCOCC1)c1cc(C2CC2)[nH]n1. The Morgan fingerprint density at radius 3 is 2.83 bits per heavy atom. The molecule has 2 atom stereocenters. The fraction of sp³-hybridized carbons (Fsp3) is 0.765. The topological polar surface area (TPSA) is 79.5 Å². The van der Waals surface area contributed by atoms with Crippen molar-refractivity contribution in [2.45, 2.75) is 31.2 Å². The Kier molecular flexibility index (Phi) is 4.82. The second kappa shape index (κ2) is 7.21. The quantitative estimate of drug-likeness (QED) is 0.803. The van der Waals surface area contributed by atoms with Gasteiger partial charge in [-0.25, -0.2) is 0 Å². The van der Waals surface area contributed by atoms with E-state index in [2.05, 4.69) is 20.4 Å². The van der Waals surface area contributed by atoms with Crippen LogP contribution < -0.4 is 5.32 Å². The number of H-pyrrole nitrogens is 1. The minimum atomic E-state index is -0.0877. The number of amides is 1. The lowest BCUT2D eigenvalue weighted by molar-refractivity contribution is 0.00165. The first-order valence-corrected chi connectivity index (χ1v) is 9.04. The molecule has 0 radical (unpaired) electrons. The maximum Gasteiger partial charge on any atom is 0.271 e. The van der Waals surface area contributed by atoms with Gasteiger partial charge in [0.2, 0.25) is 0 Å². The first-order valence-electron chi connectivity index (χ1n) is 9.04. The second-order valence-corrected chi connectivity index (χ2v) is 7.03. The summed E-state index contributed by atoms with van der Waals surface area (Å²) in [7, 11) is 0. The van der Waals surface area contributed by atoms with Gasteiger partial charge < -0.3 is 14.8 Å². The van der Waals surface area contributed by atoms with Crippen LogP contribution in [0.15, 0.2) is 6.07 Å². The van der Waals surface area contributed by atoms with E-state index in [4.69, 9.17) is 9.47 Å². The average molecular weight is 334 g/mol. The maximum absolute atomic E-state index is 12.4. The summed E-state index contributed by atoms with van der Waals surface area (Å²) in [6.07, 6.45) is 3.46. The number of nitrogens with one attached hydrogen (secondary N) is 2. The third kappa shape index (κ3) is 3.63. The molecule has 1 aliphatic carbocycles. The average Bonchev–Trinajstić information content (AvgIpc) is 3.12. The summed E-state index contributed by atoms with van der Waals surface area (Å²) in [5, 5.41) is 10.3. The van der Waals surface area contributed by atoms with Crippen LogP contribution in [0.25, 0.3) is 0 Å². The van der Waals surface area contributed by atoms with Crippen molar-refractivity contribution in [2.75, 3.05) is 46.1 Å². The van der Waals surface area contributed by atoms with E-state index in [1.807, 2.05) is 6.07 Å². The summed E-state index contributed by atoms with van der Waals surface area (Å²) in [5.41, 5.74) is 1.59. The molecule has 2 saturated heterocycles. The lowest BCUT2D eigenvalue weighted by Gasteiger charge is -2.37. The predicted octanol–water partition coefficient (Wildman–Crippen LogP) is 0.754. The lowest BCUT2D eigenvalue weighted by atomic mass is 9.97. The Labute approximate surface area is 142 Å². The van der Waals surface area contributed by atoms with Crippen molar-refractivity contribution in [3.05, 3.63) is 17.5 Å². The van der Waals surface area contributed by atoms with Gasteiger partial charge in [0, 0.05) is 49.8 Å². The zero-order valence-corrected chi connectivity index (χ0v) is 14.0. The monoisotopic (exact) mass is 334 g/mol. The van der Waals surface area contributed by atoms with Crippen LogP contribution >= 0.6 is 0 Å². The third-order valence-electron chi connectivity index (χ3n) is 5.34. The van der Waals surface area contributed by atoms with Crippen LogP contribution in [0.5, 0.6) is 0 Å². The highest BCUT2D eigenvalue weighted by atomic mass is 16.5. The number of morpholine rings is 1. The molecule has 3 heterocycles. The first-order chi connectivity index (χ1) is 11.8. The van der Waals surface area contributed by atoms with Gasteiger partial charge in [-0.1, -0.05) is 0 Å². The molecule has 0 spiro atoms. The Balaban J connectivity index is 1.36. The number of carbonyl (C=O) groups excluding carboxylic acids is 1. The van der Waals surface area contributed by atoms with Crippen molar-refractivity contribution in [3.63, 3.8) is 0 Å². The zero-order valence-electron chi connectivity index (χ0n) is 14.0. The van der Waals surface area contributed by atoms with Crippen LogP contribution in [0.3, 0.4) is 0 Å². The largest absolute Gasteiger partial charge is 0.381 e. The molecule has 132 valence electrons. The standard InChI is InChI=1S/C17H26N4O3/c22-17(15-9-14(19-20-15)12-1-2-12)18-10-16(13-3-6-24-11-13)21-4-7-23-8-5-21/h9,12-13,16H,1-8,10-11H2,(H,18,22)(H,19,20)/t13-,16+/m1/s1.